The van der Waals surface area contributed by atoms with Gasteiger partial charge in [0.1, 0.15) is 11.6 Å². The molecule has 0 bridgehead atoms. The summed E-state index contributed by atoms with van der Waals surface area (Å²) in [7, 11) is 0.715. The van der Waals surface area contributed by atoms with Crippen LogP contribution in [0.15, 0.2) is 18.2 Å². The third-order valence-corrected chi connectivity index (χ3v) is 4.24. The number of hydrogen-bond acceptors (Lipinski definition) is 3. The average Bonchev–Trinajstić information content (AvgIpc) is 2.35. The van der Waals surface area contributed by atoms with Gasteiger partial charge in [0.15, 0.2) is 0 Å². The molecule has 0 amide bonds. The summed E-state index contributed by atoms with van der Waals surface area (Å²) >= 11 is 0. The van der Waals surface area contributed by atoms with Crippen molar-refractivity contribution in [2.75, 3.05) is 19.9 Å². The Balaban J connectivity index is 2.38. The van der Waals surface area contributed by atoms with Gasteiger partial charge in [-0.05, 0) is 19.0 Å². The van der Waals surface area contributed by atoms with Crippen molar-refractivity contribution in [3.63, 3.8) is 0 Å². The lowest BCUT2D eigenvalue weighted by Crippen LogP contribution is -2.21. The van der Waals surface area contributed by atoms with Crippen LogP contribution in [0.4, 0.5) is 4.39 Å². The fraction of sp³-hybridized carbons (Fsp3) is 0.538. The van der Waals surface area contributed by atoms with Crippen molar-refractivity contribution in [1.82, 2.24) is 5.32 Å². The van der Waals surface area contributed by atoms with E-state index in [2.05, 4.69) is 5.32 Å². The fourth-order valence-electron chi connectivity index (χ4n) is 1.49. The lowest BCUT2D eigenvalue weighted by Gasteiger charge is -2.10. The average molecular weight is 273 g/mol. The van der Waals surface area contributed by atoms with Gasteiger partial charge in [-0.25, -0.2) is 4.39 Å². The Bertz CT molecular complexity index is 412. The van der Waals surface area contributed by atoms with Crippen LogP contribution in [-0.2, 0) is 17.3 Å². The molecule has 5 heteroatoms. The molecule has 1 aromatic rings. The molecular formula is C13H20FNO2S. The van der Waals surface area contributed by atoms with Gasteiger partial charge in [0.05, 0.1) is 7.11 Å². The first-order chi connectivity index (χ1) is 8.54. The monoisotopic (exact) mass is 273 g/mol. The van der Waals surface area contributed by atoms with Gasteiger partial charge in [-0.2, -0.15) is 0 Å². The molecule has 1 rings (SSSR count). The molecule has 18 heavy (non-hydrogen) atoms. The van der Waals surface area contributed by atoms with E-state index in [4.69, 9.17) is 4.74 Å². The lowest BCUT2D eigenvalue weighted by atomic mass is 10.2. The van der Waals surface area contributed by atoms with Gasteiger partial charge in [-0.15, -0.1) is 0 Å². The molecule has 3 nitrogen and oxygen atoms in total. The Morgan fingerprint density at radius 3 is 2.78 bits per heavy atom. The summed E-state index contributed by atoms with van der Waals surface area (Å²) in [5.41, 5.74) is 0.612. The third-order valence-electron chi connectivity index (χ3n) is 2.87. The summed E-state index contributed by atoms with van der Waals surface area (Å²) in [5, 5.41) is 3.32. The smallest absolute Gasteiger partial charge is 0.131 e. The molecule has 0 saturated carbocycles. The van der Waals surface area contributed by atoms with Crippen LogP contribution in [-0.4, -0.2) is 29.4 Å². The minimum Gasteiger partial charge on any atom is -0.497 e. The molecule has 0 spiro atoms. The molecular weight excluding hydrogens is 253 g/mol. The first kappa shape index (κ1) is 15.1. The van der Waals surface area contributed by atoms with E-state index in [1.807, 2.05) is 6.92 Å². The van der Waals surface area contributed by atoms with Crippen molar-refractivity contribution < 1.29 is 13.3 Å². The summed E-state index contributed by atoms with van der Waals surface area (Å²) in [6.07, 6.45) is 2.52. The van der Waals surface area contributed by atoms with Crippen molar-refractivity contribution in [2.24, 2.45) is 0 Å². The number of rotatable bonds is 7. The van der Waals surface area contributed by atoms with E-state index in [0.29, 0.717) is 17.9 Å². The quantitative estimate of drug-likeness (QED) is 0.773. The van der Waals surface area contributed by atoms with E-state index in [-0.39, 0.29) is 11.1 Å². The molecule has 102 valence electrons. The minimum absolute atomic E-state index is 0.165. The van der Waals surface area contributed by atoms with Crippen molar-refractivity contribution in [1.29, 1.82) is 0 Å². The predicted octanol–water partition coefficient (Wildman–Crippen LogP) is 2.08. The molecule has 0 aliphatic heterocycles. The van der Waals surface area contributed by atoms with Crippen molar-refractivity contribution in [2.45, 2.75) is 25.1 Å². The number of methoxy groups -OCH3 is 1. The second-order valence-corrected chi connectivity index (χ2v) is 6.03. The largest absolute Gasteiger partial charge is 0.497 e. The molecule has 0 radical (unpaired) electrons. The highest BCUT2D eigenvalue weighted by atomic mass is 32.2. The summed E-state index contributed by atoms with van der Waals surface area (Å²) in [6.45, 7) is 3.15. The van der Waals surface area contributed by atoms with Gasteiger partial charge in [0.25, 0.3) is 0 Å². The van der Waals surface area contributed by atoms with E-state index < -0.39 is 10.8 Å². The molecule has 2 atom stereocenters. The SMILES string of the molecule is COc1ccc(CNCCC(C)S(C)=O)c(F)c1. The van der Waals surface area contributed by atoms with Gasteiger partial charge >= 0.3 is 0 Å². The lowest BCUT2D eigenvalue weighted by molar-refractivity contribution is 0.410. The summed E-state index contributed by atoms with van der Waals surface area (Å²) in [6, 6.07) is 4.83. The van der Waals surface area contributed by atoms with Crippen LogP contribution in [0.25, 0.3) is 0 Å². The Morgan fingerprint density at radius 2 is 2.22 bits per heavy atom. The third kappa shape index (κ3) is 4.74. The second-order valence-electron chi connectivity index (χ2n) is 4.23. The zero-order chi connectivity index (χ0) is 13.5. The van der Waals surface area contributed by atoms with Crippen LogP contribution in [0.1, 0.15) is 18.9 Å². The number of ether oxygens (including phenoxy) is 1. The highest BCUT2D eigenvalue weighted by Crippen LogP contribution is 2.15. The highest BCUT2D eigenvalue weighted by Gasteiger charge is 2.06. The Kier molecular flexibility index (Phi) is 6.29. The Morgan fingerprint density at radius 1 is 1.50 bits per heavy atom. The van der Waals surface area contributed by atoms with Crippen LogP contribution in [0.5, 0.6) is 5.75 Å². The number of hydrogen-bond donors (Lipinski definition) is 1. The van der Waals surface area contributed by atoms with E-state index in [9.17, 15) is 8.60 Å². The number of nitrogens with one attached hydrogen (secondary N) is 1. The van der Waals surface area contributed by atoms with E-state index >= 15 is 0 Å². The normalized spacial score (nSPS) is 14.2. The topological polar surface area (TPSA) is 38.3 Å². The molecule has 0 saturated heterocycles. The summed E-state index contributed by atoms with van der Waals surface area (Å²) in [4.78, 5) is 0. The molecule has 0 heterocycles. The van der Waals surface area contributed by atoms with Crippen LogP contribution < -0.4 is 10.1 Å². The standard InChI is InChI=1S/C13H20FNO2S/c1-10(18(3)16)6-7-15-9-11-4-5-12(17-2)8-13(11)14/h4-5,8,10,15H,6-7,9H2,1-3H3. The molecule has 0 aromatic heterocycles. The molecule has 1 aromatic carbocycles. The van der Waals surface area contributed by atoms with Crippen molar-refractivity contribution in [3.8, 4) is 5.75 Å². The van der Waals surface area contributed by atoms with Gasteiger partial charge in [0.2, 0.25) is 0 Å². The maximum absolute atomic E-state index is 13.6. The second kappa shape index (κ2) is 7.48. The van der Waals surface area contributed by atoms with Gasteiger partial charge in [0, 0.05) is 40.5 Å². The van der Waals surface area contributed by atoms with E-state index in [1.165, 1.54) is 13.2 Å². The maximum Gasteiger partial charge on any atom is 0.131 e. The van der Waals surface area contributed by atoms with Crippen LogP contribution in [0, 0.1) is 5.82 Å². The molecule has 1 N–H and O–H groups in total. The van der Waals surface area contributed by atoms with Gasteiger partial charge in [-0.3, -0.25) is 4.21 Å². The molecule has 0 aliphatic carbocycles. The Labute approximate surface area is 110 Å². The first-order valence-electron chi connectivity index (χ1n) is 5.90. The first-order valence-corrected chi connectivity index (χ1v) is 7.52. The van der Waals surface area contributed by atoms with Crippen molar-refractivity contribution >= 4 is 10.8 Å². The molecule has 0 fully saturated rings. The molecule has 0 aliphatic rings. The zero-order valence-electron chi connectivity index (χ0n) is 11.0. The van der Waals surface area contributed by atoms with Gasteiger partial charge in [-0.1, -0.05) is 13.0 Å². The summed E-state index contributed by atoms with van der Waals surface area (Å²) < 4.78 is 29.7. The fourth-order valence-corrected chi connectivity index (χ4v) is 1.94. The number of halogens is 1. The molecule has 2 unspecified atom stereocenters. The number of benzene rings is 1. The Hall–Kier alpha value is -0.940. The van der Waals surface area contributed by atoms with Gasteiger partial charge < -0.3 is 10.1 Å². The van der Waals surface area contributed by atoms with Crippen LogP contribution in [0.3, 0.4) is 0 Å². The van der Waals surface area contributed by atoms with Crippen molar-refractivity contribution in [3.05, 3.63) is 29.6 Å². The zero-order valence-corrected chi connectivity index (χ0v) is 11.8. The van der Waals surface area contributed by atoms with E-state index in [0.717, 1.165) is 13.0 Å². The minimum atomic E-state index is -0.798. The van der Waals surface area contributed by atoms with E-state index in [1.54, 1.807) is 18.4 Å². The maximum atomic E-state index is 13.6. The predicted molar refractivity (Wildman–Crippen MR) is 72.8 cm³/mol. The summed E-state index contributed by atoms with van der Waals surface area (Å²) in [5.74, 6) is 0.250. The van der Waals surface area contributed by atoms with Crippen LogP contribution >= 0.6 is 0 Å². The highest BCUT2D eigenvalue weighted by molar-refractivity contribution is 7.84. The van der Waals surface area contributed by atoms with Crippen LogP contribution in [0.2, 0.25) is 0 Å².